The molecule has 2 saturated heterocycles. The maximum atomic E-state index is 12.9. The highest BCUT2D eigenvalue weighted by Crippen LogP contribution is 2.29. The number of aromatic nitrogens is 3. The minimum absolute atomic E-state index is 0.0252. The largest absolute Gasteiger partial charge is 0.369 e. The Balaban J connectivity index is 1.38. The first-order valence-electron chi connectivity index (χ1n) is 9.41. The Kier molecular flexibility index (Phi) is 5.11. The third kappa shape index (κ3) is 3.83. The number of primary amides is 1. The molecule has 0 spiro atoms. The fourth-order valence-electron chi connectivity index (χ4n) is 3.90. The van der Waals surface area contributed by atoms with Crippen LogP contribution in [0.4, 0.5) is 5.13 Å². The van der Waals surface area contributed by atoms with Crippen LogP contribution >= 0.6 is 11.3 Å². The topological polar surface area (TPSA) is 97.3 Å². The van der Waals surface area contributed by atoms with Gasteiger partial charge in [0.05, 0.1) is 5.92 Å². The molecular weight excluding hydrogens is 364 g/mol. The molecule has 0 unspecified atom stereocenters. The molecule has 2 aliphatic heterocycles. The van der Waals surface area contributed by atoms with Crippen LogP contribution in [0.15, 0.2) is 24.5 Å². The Morgan fingerprint density at radius 2 is 1.70 bits per heavy atom. The van der Waals surface area contributed by atoms with Gasteiger partial charge in [0.25, 0.3) is 0 Å². The normalized spacial score (nSPS) is 21.4. The molecule has 0 aliphatic carbocycles. The van der Waals surface area contributed by atoms with Crippen molar-refractivity contribution in [3.63, 3.8) is 0 Å². The first-order valence-corrected chi connectivity index (χ1v) is 10.2. The molecular formula is C18H24N6O2S. The summed E-state index contributed by atoms with van der Waals surface area (Å²) in [4.78, 5) is 28.3. The van der Waals surface area contributed by atoms with Crippen molar-refractivity contribution in [2.24, 2.45) is 17.6 Å². The summed E-state index contributed by atoms with van der Waals surface area (Å²) in [5.74, 6) is -0.174. The van der Waals surface area contributed by atoms with Gasteiger partial charge in [0.2, 0.25) is 22.1 Å². The van der Waals surface area contributed by atoms with Gasteiger partial charge in [0.1, 0.15) is 0 Å². The smallest absolute Gasteiger partial charge is 0.227 e. The Morgan fingerprint density at radius 1 is 1.00 bits per heavy atom. The van der Waals surface area contributed by atoms with Crippen LogP contribution in [0, 0.1) is 11.8 Å². The van der Waals surface area contributed by atoms with Crippen LogP contribution in [0.3, 0.4) is 0 Å². The molecule has 8 nitrogen and oxygen atoms in total. The van der Waals surface area contributed by atoms with Gasteiger partial charge in [-0.1, -0.05) is 11.3 Å². The van der Waals surface area contributed by atoms with Gasteiger partial charge < -0.3 is 15.5 Å². The Bertz CT molecular complexity index is 797. The number of piperidine rings is 2. The van der Waals surface area contributed by atoms with Crippen molar-refractivity contribution >= 4 is 28.3 Å². The van der Waals surface area contributed by atoms with E-state index < -0.39 is 0 Å². The average molecular weight is 388 g/mol. The lowest BCUT2D eigenvalue weighted by molar-refractivity contribution is -0.138. The zero-order valence-corrected chi connectivity index (χ0v) is 16.0. The van der Waals surface area contributed by atoms with Crippen molar-refractivity contribution in [3.05, 3.63) is 24.5 Å². The summed E-state index contributed by atoms with van der Waals surface area (Å²) < 4.78 is 1.94. The predicted octanol–water partition coefficient (Wildman–Crippen LogP) is 1.27. The minimum Gasteiger partial charge on any atom is -0.369 e. The van der Waals surface area contributed by atoms with E-state index in [9.17, 15) is 9.59 Å². The summed E-state index contributed by atoms with van der Waals surface area (Å²) in [7, 11) is 0. The molecule has 2 aromatic heterocycles. The van der Waals surface area contributed by atoms with Gasteiger partial charge in [0, 0.05) is 44.5 Å². The lowest BCUT2D eigenvalue weighted by Crippen LogP contribution is -2.48. The molecule has 0 aromatic carbocycles. The Labute approximate surface area is 162 Å². The molecule has 2 N–H and O–H groups in total. The summed E-state index contributed by atoms with van der Waals surface area (Å²) in [5, 5.41) is 10.3. The molecule has 2 aliphatic rings. The highest BCUT2D eigenvalue weighted by Gasteiger charge is 2.33. The Hall–Kier alpha value is -2.42. The van der Waals surface area contributed by atoms with Crippen LogP contribution in [0.5, 0.6) is 0 Å². The number of anilines is 1. The van der Waals surface area contributed by atoms with E-state index in [-0.39, 0.29) is 23.7 Å². The molecule has 9 heteroatoms. The summed E-state index contributed by atoms with van der Waals surface area (Å²) >= 11 is 1.54. The van der Waals surface area contributed by atoms with E-state index in [1.165, 1.54) is 0 Å². The zero-order chi connectivity index (χ0) is 18.8. The van der Waals surface area contributed by atoms with Crippen molar-refractivity contribution in [2.45, 2.75) is 25.7 Å². The van der Waals surface area contributed by atoms with Crippen molar-refractivity contribution in [2.75, 3.05) is 31.1 Å². The fourth-order valence-corrected chi connectivity index (χ4v) is 4.75. The van der Waals surface area contributed by atoms with Crippen molar-refractivity contribution < 1.29 is 9.59 Å². The number of likely N-dealkylation sites (tertiary alicyclic amines) is 1. The molecule has 0 bridgehead atoms. The quantitative estimate of drug-likeness (QED) is 0.851. The SMILES string of the molecule is NC(=O)C1CCN(C(=O)[C@@H]2CCCN(c3nnc(-n4cccc4)s3)C2)CC1. The molecule has 27 heavy (non-hydrogen) atoms. The van der Waals surface area contributed by atoms with E-state index in [4.69, 9.17) is 5.73 Å². The maximum Gasteiger partial charge on any atom is 0.227 e. The van der Waals surface area contributed by atoms with Gasteiger partial charge >= 0.3 is 0 Å². The van der Waals surface area contributed by atoms with Gasteiger partial charge in [-0.25, -0.2) is 0 Å². The summed E-state index contributed by atoms with van der Waals surface area (Å²) in [5.41, 5.74) is 5.39. The first-order chi connectivity index (χ1) is 13.1. The van der Waals surface area contributed by atoms with E-state index in [1.54, 1.807) is 11.3 Å². The molecule has 0 saturated carbocycles. The van der Waals surface area contributed by atoms with Crippen LogP contribution in [0.1, 0.15) is 25.7 Å². The van der Waals surface area contributed by atoms with E-state index >= 15 is 0 Å². The van der Waals surface area contributed by atoms with Gasteiger partial charge in [-0.15, -0.1) is 10.2 Å². The zero-order valence-electron chi connectivity index (χ0n) is 15.2. The first kappa shape index (κ1) is 18.0. The van der Waals surface area contributed by atoms with E-state index in [0.717, 1.165) is 29.6 Å². The van der Waals surface area contributed by atoms with Crippen LogP contribution in [0.2, 0.25) is 0 Å². The average Bonchev–Trinajstić information content (AvgIpc) is 3.39. The van der Waals surface area contributed by atoms with Gasteiger partial charge in [0.15, 0.2) is 0 Å². The van der Waals surface area contributed by atoms with Gasteiger partial charge in [-0.05, 0) is 37.8 Å². The van der Waals surface area contributed by atoms with Gasteiger partial charge in [-0.2, -0.15) is 0 Å². The molecule has 1 atom stereocenters. The molecule has 2 fully saturated rings. The number of carbonyl (C=O) groups excluding carboxylic acids is 2. The minimum atomic E-state index is -0.249. The van der Waals surface area contributed by atoms with E-state index in [2.05, 4.69) is 15.1 Å². The number of nitrogens with two attached hydrogens (primary N) is 1. The van der Waals surface area contributed by atoms with E-state index in [1.807, 2.05) is 34.0 Å². The summed E-state index contributed by atoms with van der Waals surface area (Å²) in [6.45, 7) is 2.82. The van der Waals surface area contributed by atoms with Crippen molar-refractivity contribution in [3.8, 4) is 5.13 Å². The van der Waals surface area contributed by atoms with Crippen LogP contribution in [-0.2, 0) is 9.59 Å². The molecule has 4 rings (SSSR count). The molecule has 144 valence electrons. The monoisotopic (exact) mass is 388 g/mol. The number of amides is 2. The number of nitrogens with zero attached hydrogens (tertiary/aromatic N) is 5. The predicted molar refractivity (Wildman–Crippen MR) is 103 cm³/mol. The fraction of sp³-hybridized carbons (Fsp3) is 0.556. The van der Waals surface area contributed by atoms with Crippen molar-refractivity contribution in [1.29, 1.82) is 0 Å². The standard InChI is InChI=1S/C18H24N6O2S/c19-15(25)13-5-10-22(11-6-13)16(26)14-4-3-9-24(12-14)18-21-20-17(27-18)23-7-1-2-8-23/h1-2,7-8,13-14H,3-6,9-12H2,(H2,19,25)/t14-/m1/s1. The van der Waals surface area contributed by atoms with E-state index in [0.29, 0.717) is 32.5 Å². The van der Waals surface area contributed by atoms with Crippen LogP contribution < -0.4 is 10.6 Å². The molecule has 2 amide bonds. The third-order valence-electron chi connectivity index (χ3n) is 5.48. The number of hydrogen-bond donors (Lipinski definition) is 1. The second-order valence-electron chi connectivity index (χ2n) is 7.24. The molecule has 0 radical (unpaired) electrons. The molecule has 4 heterocycles. The highest BCUT2D eigenvalue weighted by atomic mass is 32.1. The maximum absolute atomic E-state index is 12.9. The molecule has 2 aromatic rings. The number of carbonyl (C=O) groups is 2. The Morgan fingerprint density at radius 3 is 2.41 bits per heavy atom. The lowest BCUT2D eigenvalue weighted by Gasteiger charge is -2.37. The van der Waals surface area contributed by atoms with Gasteiger partial charge in [-0.3, -0.25) is 14.2 Å². The van der Waals surface area contributed by atoms with Crippen molar-refractivity contribution in [1.82, 2.24) is 19.7 Å². The second kappa shape index (κ2) is 7.67. The number of rotatable bonds is 4. The second-order valence-corrected chi connectivity index (χ2v) is 8.18. The van der Waals surface area contributed by atoms with Crippen LogP contribution in [-0.4, -0.2) is 57.7 Å². The third-order valence-corrected chi connectivity index (χ3v) is 6.48. The number of hydrogen-bond acceptors (Lipinski definition) is 6. The summed E-state index contributed by atoms with van der Waals surface area (Å²) in [6, 6.07) is 3.91. The highest BCUT2D eigenvalue weighted by molar-refractivity contribution is 7.17. The summed E-state index contributed by atoms with van der Waals surface area (Å²) in [6.07, 6.45) is 7.11. The lowest BCUT2D eigenvalue weighted by atomic mass is 9.92. The van der Waals surface area contributed by atoms with Crippen LogP contribution in [0.25, 0.3) is 5.13 Å².